The van der Waals surface area contributed by atoms with Gasteiger partial charge in [0.05, 0.1) is 0 Å². The molecule has 0 saturated heterocycles. The molecule has 0 unspecified atom stereocenters. The molecular formula is C2H4INO3. The highest BCUT2D eigenvalue weighted by molar-refractivity contribution is 14.1. The van der Waals surface area contributed by atoms with Gasteiger partial charge in [0, 0.05) is 0 Å². The van der Waals surface area contributed by atoms with E-state index in [-0.39, 0.29) is 6.61 Å². The zero-order chi connectivity index (χ0) is 5.70. The third-order valence-electron chi connectivity index (χ3n) is 0.304. The molecule has 42 valence electrons. The van der Waals surface area contributed by atoms with Crippen LogP contribution in [0.4, 0.5) is 0 Å². The van der Waals surface area contributed by atoms with Gasteiger partial charge in [0.15, 0.2) is 6.61 Å². The quantitative estimate of drug-likeness (QED) is 0.512. The Labute approximate surface area is 54.6 Å². The average molecular weight is 217 g/mol. The Balaban J connectivity index is 3.00. The van der Waals surface area contributed by atoms with E-state index >= 15 is 0 Å². The largest absolute Gasteiger partial charge is 0.372 e. The SMILES string of the molecule is NOC(=O)COI. The van der Waals surface area contributed by atoms with E-state index in [1.807, 2.05) is 0 Å². The van der Waals surface area contributed by atoms with Crippen molar-refractivity contribution in [3.05, 3.63) is 0 Å². The molecule has 0 spiro atoms. The molecule has 0 aromatic heterocycles. The fraction of sp³-hybridized carbons (Fsp3) is 0.500. The van der Waals surface area contributed by atoms with E-state index < -0.39 is 5.97 Å². The van der Waals surface area contributed by atoms with Crippen molar-refractivity contribution in [3.63, 3.8) is 0 Å². The number of rotatable bonds is 2. The monoisotopic (exact) mass is 217 g/mol. The topological polar surface area (TPSA) is 61.5 Å². The molecule has 0 aliphatic heterocycles. The lowest BCUT2D eigenvalue weighted by atomic mass is 10.8. The second-order valence-electron chi connectivity index (χ2n) is 0.743. The number of halogens is 1. The van der Waals surface area contributed by atoms with E-state index in [0.29, 0.717) is 0 Å². The minimum atomic E-state index is -0.575. The van der Waals surface area contributed by atoms with E-state index in [0.717, 1.165) is 0 Å². The Bertz CT molecular complexity index is 66.0. The highest BCUT2D eigenvalue weighted by Gasteiger charge is 1.95. The highest BCUT2D eigenvalue weighted by atomic mass is 127. The van der Waals surface area contributed by atoms with Crippen molar-refractivity contribution in [1.29, 1.82) is 0 Å². The number of nitrogens with two attached hydrogens (primary N) is 1. The van der Waals surface area contributed by atoms with Crippen LogP contribution < -0.4 is 5.90 Å². The predicted molar refractivity (Wildman–Crippen MR) is 30.3 cm³/mol. The van der Waals surface area contributed by atoms with Crippen LogP contribution in [0, 0.1) is 0 Å². The second-order valence-corrected chi connectivity index (χ2v) is 1.37. The fourth-order valence-electron chi connectivity index (χ4n) is 0.0786. The van der Waals surface area contributed by atoms with E-state index in [1.165, 1.54) is 0 Å². The van der Waals surface area contributed by atoms with Crippen molar-refractivity contribution in [2.45, 2.75) is 0 Å². The van der Waals surface area contributed by atoms with Crippen LogP contribution in [0.5, 0.6) is 0 Å². The minimum Gasteiger partial charge on any atom is -0.372 e. The van der Waals surface area contributed by atoms with Crippen LogP contribution >= 0.6 is 23.0 Å². The summed E-state index contributed by atoms with van der Waals surface area (Å²) in [6.45, 7) is -0.100. The lowest BCUT2D eigenvalue weighted by Gasteiger charge is -1.89. The smallest absolute Gasteiger partial charge is 0.351 e. The van der Waals surface area contributed by atoms with Gasteiger partial charge in [-0.1, -0.05) is 0 Å². The van der Waals surface area contributed by atoms with Crippen LogP contribution in [-0.4, -0.2) is 12.6 Å². The van der Waals surface area contributed by atoms with Crippen molar-refractivity contribution in [1.82, 2.24) is 0 Å². The molecule has 0 bridgehead atoms. The van der Waals surface area contributed by atoms with E-state index in [2.05, 4.69) is 13.8 Å². The van der Waals surface area contributed by atoms with Crippen molar-refractivity contribution in [2.75, 3.05) is 6.61 Å². The summed E-state index contributed by atoms with van der Waals surface area (Å²) in [5, 5.41) is 0. The van der Waals surface area contributed by atoms with Gasteiger partial charge in [-0.2, -0.15) is 5.90 Å². The maximum Gasteiger partial charge on any atom is 0.351 e. The van der Waals surface area contributed by atoms with Gasteiger partial charge in [0.1, 0.15) is 23.0 Å². The number of carbonyl (C=O) groups excluding carboxylic acids is 1. The third-order valence-corrected chi connectivity index (χ3v) is 0.615. The lowest BCUT2D eigenvalue weighted by molar-refractivity contribution is -0.145. The Morgan fingerprint density at radius 2 is 2.43 bits per heavy atom. The molecule has 0 fully saturated rings. The summed E-state index contributed by atoms with van der Waals surface area (Å²) in [4.78, 5) is 13.7. The van der Waals surface area contributed by atoms with Gasteiger partial charge in [-0.15, -0.1) is 0 Å². The van der Waals surface area contributed by atoms with E-state index in [1.54, 1.807) is 23.0 Å². The first-order chi connectivity index (χ1) is 3.31. The molecule has 0 amide bonds. The Morgan fingerprint density at radius 1 is 1.86 bits per heavy atom. The van der Waals surface area contributed by atoms with Gasteiger partial charge in [0.2, 0.25) is 0 Å². The van der Waals surface area contributed by atoms with Crippen LogP contribution in [0.1, 0.15) is 0 Å². The van der Waals surface area contributed by atoms with Gasteiger partial charge >= 0.3 is 5.97 Å². The predicted octanol–water partition coefficient (Wildman–Crippen LogP) is -0.230. The van der Waals surface area contributed by atoms with Gasteiger partial charge in [-0.3, -0.25) is 0 Å². The second kappa shape index (κ2) is 4.28. The fourth-order valence-corrected chi connectivity index (χ4v) is 0.333. The van der Waals surface area contributed by atoms with Crippen molar-refractivity contribution < 1.29 is 12.7 Å². The van der Waals surface area contributed by atoms with Gasteiger partial charge < -0.3 is 7.90 Å². The molecule has 0 aliphatic rings. The van der Waals surface area contributed by atoms with Crippen molar-refractivity contribution in [2.24, 2.45) is 5.90 Å². The standard InChI is InChI=1S/C2H4INO3/c3-6-1-2(5)7-4/h1,4H2. The van der Waals surface area contributed by atoms with Gasteiger partial charge in [-0.05, 0) is 0 Å². The molecule has 0 atom stereocenters. The Kier molecular flexibility index (Phi) is 4.36. The summed E-state index contributed by atoms with van der Waals surface area (Å²) in [6, 6.07) is 0. The average Bonchev–Trinajstić information content (AvgIpc) is 1.68. The first-order valence-electron chi connectivity index (χ1n) is 1.44. The molecule has 5 heteroatoms. The molecule has 0 heterocycles. The molecule has 0 saturated carbocycles. The summed E-state index contributed by atoms with van der Waals surface area (Å²) in [5.74, 6) is 3.85. The summed E-state index contributed by atoms with van der Waals surface area (Å²) in [6.07, 6.45) is 0. The minimum absolute atomic E-state index is 0.100. The number of carbonyl (C=O) groups is 1. The zero-order valence-electron chi connectivity index (χ0n) is 3.39. The number of hydrogen-bond donors (Lipinski definition) is 1. The molecule has 0 radical (unpaired) electrons. The first-order valence-corrected chi connectivity index (χ1v) is 2.32. The molecule has 2 N–H and O–H groups in total. The maximum atomic E-state index is 9.93. The van der Waals surface area contributed by atoms with Crippen molar-refractivity contribution in [3.8, 4) is 0 Å². The Hall–Kier alpha value is 0.120. The molecule has 0 rings (SSSR count). The summed E-state index contributed by atoms with van der Waals surface area (Å²) >= 11 is 1.57. The van der Waals surface area contributed by atoms with Gasteiger partial charge in [-0.25, -0.2) is 4.79 Å². The lowest BCUT2D eigenvalue weighted by Crippen LogP contribution is -2.13. The summed E-state index contributed by atoms with van der Waals surface area (Å²) in [7, 11) is 0. The Morgan fingerprint density at radius 3 is 2.57 bits per heavy atom. The zero-order valence-corrected chi connectivity index (χ0v) is 5.54. The molecule has 0 aromatic carbocycles. The highest BCUT2D eigenvalue weighted by Crippen LogP contribution is 1.83. The molecule has 4 nitrogen and oxygen atoms in total. The third kappa shape index (κ3) is 3.96. The van der Waals surface area contributed by atoms with Gasteiger partial charge in [0.25, 0.3) is 0 Å². The van der Waals surface area contributed by atoms with Crippen LogP contribution in [-0.2, 0) is 12.7 Å². The first kappa shape index (κ1) is 7.12. The molecular weight excluding hydrogens is 213 g/mol. The van der Waals surface area contributed by atoms with E-state index in [4.69, 9.17) is 0 Å². The molecule has 7 heavy (non-hydrogen) atoms. The maximum absolute atomic E-state index is 9.93. The van der Waals surface area contributed by atoms with Crippen LogP contribution in [0.15, 0.2) is 0 Å². The summed E-state index contributed by atoms with van der Waals surface area (Å²) in [5.41, 5.74) is 0. The van der Waals surface area contributed by atoms with Crippen molar-refractivity contribution >= 4 is 29.0 Å². The normalized spacial score (nSPS) is 8.29. The van der Waals surface area contributed by atoms with E-state index in [9.17, 15) is 4.79 Å². The summed E-state index contributed by atoms with van der Waals surface area (Å²) < 4.78 is 4.31. The van der Waals surface area contributed by atoms with Crippen LogP contribution in [0.25, 0.3) is 0 Å². The molecule has 0 aromatic rings. The molecule has 0 aliphatic carbocycles. The van der Waals surface area contributed by atoms with Crippen LogP contribution in [0.3, 0.4) is 0 Å². The number of hydrogen-bond acceptors (Lipinski definition) is 4. The van der Waals surface area contributed by atoms with Crippen LogP contribution in [0.2, 0.25) is 0 Å².